The number of rotatable bonds is 4. The average Bonchev–Trinajstić information content (AvgIpc) is 2.62. The van der Waals surface area contributed by atoms with E-state index in [1.165, 1.54) is 5.56 Å². The van der Waals surface area contributed by atoms with Gasteiger partial charge in [0.2, 0.25) is 0 Å². The molecule has 5 heteroatoms. The van der Waals surface area contributed by atoms with Crippen LogP contribution in [0.15, 0.2) is 48.5 Å². The highest BCUT2D eigenvalue weighted by atomic mass is 16.5. The van der Waals surface area contributed by atoms with Gasteiger partial charge >= 0.3 is 6.03 Å². The summed E-state index contributed by atoms with van der Waals surface area (Å²) in [5.74, 6) is 0. The van der Waals surface area contributed by atoms with Crippen molar-refractivity contribution in [1.29, 1.82) is 0 Å². The summed E-state index contributed by atoms with van der Waals surface area (Å²) in [6, 6.07) is 15.9. The summed E-state index contributed by atoms with van der Waals surface area (Å²) in [4.78, 5) is 14.3. The van der Waals surface area contributed by atoms with Crippen molar-refractivity contribution in [2.45, 2.75) is 26.5 Å². The van der Waals surface area contributed by atoms with E-state index in [0.29, 0.717) is 6.54 Å². The van der Waals surface area contributed by atoms with Crippen LogP contribution in [0.3, 0.4) is 0 Å². The van der Waals surface area contributed by atoms with Crippen molar-refractivity contribution >= 4 is 17.4 Å². The van der Waals surface area contributed by atoms with Crippen molar-refractivity contribution in [2.24, 2.45) is 0 Å². The molecule has 3 rings (SSSR count). The van der Waals surface area contributed by atoms with Gasteiger partial charge in [-0.25, -0.2) is 4.79 Å². The molecule has 2 amide bonds. The van der Waals surface area contributed by atoms with Crippen LogP contribution in [0.25, 0.3) is 0 Å². The quantitative estimate of drug-likeness (QED) is 0.896. The first-order valence-corrected chi connectivity index (χ1v) is 8.67. The summed E-state index contributed by atoms with van der Waals surface area (Å²) in [7, 11) is 0. The van der Waals surface area contributed by atoms with Gasteiger partial charge in [0.1, 0.15) is 0 Å². The highest BCUT2D eigenvalue weighted by Gasteiger charge is 2.16. The van der Waals surface area contributed by atoms with Crippen LogP contribution < -0.4 is 15.5 Å². The van der Waals surface area contributed by atoms with Crippen molar-refractivity contribution in [3.05, 3.63) is 59.7 Å². The number of nitrogens with zero attached hydrogens (tertiary/aromatic N) is 1. The molecular weight excluding hydrogens is 314 g/mol. The molecule has 1 fully saturated rings. The predicted molar refractivity (Wildman–Crippen MR) is 101 cm³/mol. The third-order valence-corrected chi connectivity index (χ3v) is 4.31. The number of carbonyl (C=O) groups is 1. The van der Waals surface area contributed by atoms with Crippen molar-refractivity contribution in [3.63, 3.8) is 0 Å². The first-order valence-electron chi connectivity index (χ1n) is 8.67. The van der Waals surface area contributed by atoms with Crippen LogP contribution in [0.2, 0.25) is 0 Å². The molecule has 1 aliphatic heterocycles. The Hall–Kier alpha value is -2.53. The van der Waals surface area contributed by atoms with Crippen LogP contribution >= 0.6 is 0 Å². The Morgan fingerprint density at radius 2 is 1.88 bits per heavy atom. The van der Waals surface area contributed by atoms with Crippen LogP contribution in [0.5, 0.6) is 0 Å². The Balaban J connectivity index is 1.50. The minimum absolute atomic E-state index is 0.201. The maximum Gasteiger partial charge on any atom is 0.319 e. The average molecular weight is 339 g/mol. The summed E-state index contributed by atoms with van der Waals surface area (Å²) >= 11 is 0. The number of hydrogen-bond acceptors (Lipinski definition) is 3. The van der Waals surface area contributed by atoms with E-state index in [1.54, 1.807) is 0 Å². The topological polar surface area (TPSA) is 53.6 Å². The van der Waals surface area contributed by atoms with Crippen LogP contribution in [0, 0.1) is 6.92 Å². The van der Waals surface area contributed by atoms with Gasteiger partial charge < -0.3 is 20.3 Å². The van der Waals surface area contributed by atoms with E-state index in [1.807, 2.05) is 55.5 Å². The minimum Gasteiger partial charge on any atom is -0.375 e. The summed E-state index contributed by atoms with van der Waals surface area (Å²) in [6.45, 7) is 7.18. The van der Waals surface area contributed by atoms with Crippen molar-refractivity contribution in [1.82, 2.24) is 5.32 Å². The fourth-order valence-electron chi connectivity index (χ4n) is 2.87. The van der Waals surface area contributed by atoms with Crippen molar-refractivity contribution in [2.75, 3.05) is 29.9 Å². The second-order valence-corrected chi connectivity index (χ2v) is 6.47. The van der Waals surface area contributed by atoms with Crippen LogP contribution in [0.4, 0.5) is 16.2 Å². The van der Waals surface area contributed by atoms with Crippen LogP contribution in [-0.2, 0) is 11.3 Å². The van der Waals surface area contributed by atoms with E-state index in [9.17, 15) is 4.79 Å². The number of nitrogens with one attached hydrogen (secondary N) is 2. The molecular formula is C20H25N3O2. The summed E-state index contributed by atoms with van der Waals surface area (Å²) in [5.41, 5.74) is 4.23. The molecule has 0 radical (unpaired) electrons. The highest BCUT2D eigenvalue weighted by Crippen LogP contribution is 2.20. The third kappa shape index (κ3) is 4.97. The molecule has 2 aromatic rings. The molecule has 1 saturated heterocycles. The molecule has 0 unspecified atom stereocenters. The number of urea groups is 1. The first kappa shape index (κ1) is 17.3. The first-order chi connectivity index (χ1) is 12.1. The number of anilines is 2. The van der Waals surface area contributed by atoms with Gasteiger partial charge in [0.05, 0.1) is 12.7 Å². The monoisotopic (exact) mass is 339 g/mol. The Labute approximate surface area is 149 Å². The molecule has 0 spiro atoms. The molecule has 0 bridgehead atoms. The molecule has 5 nitrogen and oxygen atoms in total. The zero-order valence-electron chi connectivity index (χ0n) is 14.8. The van der Waals surface area contributed by atoms with Gasteiger partial charge in [0, 0.05) is 31.0 Å². The van der Waals surface area contributed by atoms with Gasteiger partial charge in [-0.05, 0) is 43.7 Å². The zero-order valence-corrected chi connectivity index (χ0v) is 14.8. The number of morpholine rings is 1. The molecule has 1 aliphatic rings. The number of ether oxygens (including phenoxy) is 1. The number of aryl methyl sites for hydroxylation is 1. The largest absolute Gasteiger partial charge is 0.375 e. The molecule has 1 atom stereocenters. The minimum atomic E-state index is -0.201. The molecule has 2 aromatic carbocycles. The van der Waals surface area contributed by atoms with Crippen LogP contribution in [0.1, 0.15) is 18.1 Å². The van der Waals surface area contributed by atoms with Crippen molar-refractivity contribution in [3.8, 4) is 0 Å². The SMILES string of the molecule is Cc1ccc(CNC(=O)Nc2ccc(N3CCO[C@@H](C)C3)cc2)cc1. The van der Waals surface area contributed by atoms with E-state index in [-0.39, 0.29) is 12.1 Å². The fourth-order valence-corrected chi connectivity index (χ4v) is 2.87. The maximum absolute atomic E-state index is 12.0. The lowest BCUT2D eigenvalue weighted by Crippen LogP contribution is -2.41. The molecule has 1 heterocycles. The highest BCUT2D eigenvalue weighted by molar-refractivity contribution is 5.89. The lowest BCUT2D eigenvalue weighted by molar-refractivity contribution is 0.0532. The summed E-state index contributed by atoms with van der Waals surface area (Å²) < 4.78 is 5.57. The van der Waals surface area contributed by atoms with Gasteiger partial charge in [-0.1, -0.05) is 29.8 Å². The smallest absolute Gasteiger partial charge is 0.319 e. The number of carbonyl (C=O) groups excluding carboxylic acids is 1. The van der Waals surface area contributed by atoms with E-state index >= 15 is 0 Å². The number of hydrogen-bond donors (Lipinski definition) is 2. The lowest BCUT2D eigenvalue weighted by Gasteiger charge is -2.33. The molecule has 2 N–H and O–H groups in total. The predicted octanol–water partition coefficient (Wildman–Crippen LogP) is 3.54. The summed E-state index contributed by atoms with van der Waals surface area (Å²) in [6.07, 6.45) is 0.249. The van der Waals surface area contributed by atoms with Crippen LogP contribution in [-0.4, -0.2) is 31.8 Å². The Kier molecular flexibility index (Phi) is 5.56. The molecule has 0 aromatic heterocycles. The molecule has 132 valence electrons. The Bertz CT molecular complexity index is 698. The van der Waals surface area contributed by atoms with E-state index < -0.39 is 0 Å². The van der Waals surface area contributed by atoms with Gasteiger partial charge in [-0.3, -0.25) is 0 Å². The van der Waals surface area contributed by atoms with E-state index in [0.717, 1.165) is 36.6 Å². The lowest BCUT2D eigenvalue weighted by atomic mass is 10.1. The Morgan fingerprint density at radius 3 is 2.56 bits per heavy atom. The third-order valence-electron chi connectivity index (χ3n) is 4.31. The molecule has 25 heavy (non-hydrogen) atoms. The molecule has 0 saturated carbocycles. The van der Waals surface area contributed by atoms with Gasteiger partial charge in [0.15, 0.2) is 0 Å². The zero-order chi connectivity index (χ0) is 17.6. The summed E-state index contributed by atoms with van der Waals surface area (Å²) in [5, 5.41) is 5.74. The van der Waals surface area contributed by atoms with Gasteiger partial charge in [-0.2, -0.15) is 0 Å². The van der Waals surface area contributed by atoms with Gasteiger partial charge in [-0.15, -0.1) is 0 Å². The van der Waals surface area contributed by atoms with Gasteiger partial charge in [0.25, 0.3) is 0 Å². The normalized spacial score (nSPS) is 17.2. The second kappa shape index (κ2) is 8.03. The Morgan fingerprint density at radius 1 is 1.16 bits per heavy atom. The van der Waals surface area contributed by atoms with E-state index in [4.69, 9.17) is 4.74 Å². The standard InChI is InChI=1S/C20H25N3O2/c1-15-3-5-17(6-4-15)13-21-20(24)22-18-7-9-19(10-8-18)23-11-12-25-16(2)14-23/h3-10,16H,11-14H2,1-2H3,(H2,21,22,24)/t16-/m0/s1. The number of amides is 2. The fraction of sp³-hybridized carbons (Fsp3) is 0.350. The molecule has 0 aliphatic carbocycles. The van der Waals surface area contributed by atoms with Crippen molar-refractivity contribution < 1.29 is 9.53 Å². The van der Waals surface area contributed by atoms with E-state index in [2.05, 4.69) is 22.5 Å². The maximum atomic E-state index is 12.0. The second-order valence-electron chi connectivity index (χ2n) is 6.47. The number of benzene rings is 2.